The maximum atomic E-state index is 8.53. The van der Waals surface area contributed by atoms with E-state index < -0.39 is 0 Å². The number of rotatable bonds is 8. The summed E-state index contributed by atoms with van der Waals surface area (Å²) in [6.45, 7) is 12.8. The second-order valence-corrected chi connectivity index (χ2v) is 4.47. The van der Waals surface area contributed by atoms with Gasteiger partial charge < -0.3 is 10.2 Å². The molecule has 0 aromatic heterocycles. The highest BCUT2D eigenvalue weighted by Crippen LogP contribution is 2.00. The van der Waals surface area contributed by atoms with Crippen LogP contribution in [0.1, 0.15) is 34.1 Å². The van der Waals surface area contributed by atoms with Crippen molar-refractivity contribution in [1.29, 1.82) is 5.26 Å². The van der Waals surface area contributed by atoms with Crippen molar-refractivity contribution in [2.45, 2.75) is 40.2 Å². The zero-order valence-corrected chi connectivity index (χ0v) is 10.6. The van der Waals surface area contributed by atoms with E-state index in [1.807, 2.05) is 0 Å². The molecular weight excluding hydrogens is 186 g/mol. The van der Waals surface area contributed by atoms with Gasteiger partial charge in [0.25, 0.3) is 0 Å². The lowest BCUT2D eigenvalue weighted by Crippen LogP contribution is -2.35. The van der Waals surface area contributed by atoms with E-state index in [0.29, 0.717) is 18.4 Å². The SMILES string of the molecule is CCN(CCC#N)CC(C)CNC(C)C. The third-order valence-corrected chi connectivity index (χ3v) is 2.43. The van der Waals surface area contributed by atoms with Crippen molar-refractivity contribution >= 4 is 0 Å². The van der Waals surface area contributed by atoms with Gasteiger partial charge in [-0.1, -0.05) is 27.7 Å². The highest BCUT2D eigenvalue weighted by Gasteiger charge is 2.08. The molecule has 0 saturated carbocycles. The van der Waals surface area contributed by atoms with Crippen LogP contribution in [0.4, 0.5) is 0 Å². The summed E-state index contributed by atoms with van der Waals surface area (Å²) in [6.07, 6.45) is 0.637. The molecule has 1 atom stereocenters. The van der Waals surface area contributed by atoms with Crippen LogP contribution in [0.15, 0.2) is 0 Å². The first kappa shape index (κ1) is 14.4. The maximum absolute atomic E-state index is 8.53. The van der Waals surface area contributed by atoms with Crippen molar-refractivity contribution < 1.29 is 0 Å². The van der Waals surface area contributed by atoms with E-state index in [1.54, 1.807) is 0 Å². The van der Waals surface area contributed by atoms with Crippen LogP contribution >= 0.6 is 0 Å². The zero-order chi connectivity index (χ0) is 11.7. The summed E-state index contributed by atoms with van der Waals surface area (Å²) in [7, 11) is 0. The lowest BCUT2D eigenvalue weighted by atomic mass is 10.1. The molecule has 1 N–H and O–H groups in total. The predicted molar refractivity (Wildman–Crippen MR) is 64.6 cm³/mol. The molecule has 3 heteroatoms. The Morgan fingerprint density at radius 1 is 1.33 bits per heavy atom. The standard InChI is InChI=1S/C12H25N3/c1-5-15(8-6-7-13)10-12(4)9-14-11(2)3/h11-12,14H,5-6,8-10H2,1-4H3. The van der Waals surface area contributed by atoms with Crippen LogP contribution in [0, 0.1) is 17.2 Å². The molecule has 0 aromatic rings. The van der Waals surface area contributed by atoms with Crippen molar-refractivity contribution in [3.05, 3.63) is 0 Å². The molecule has 0 radical (unpaired) electrons. The van der Waals surface area contributed by atoms with Gasteiger partial charge >= 0.3 is 0 Å². The molecule has 15 heavy (non-hydrogen) atoms. The van der Waals surface area contributed by atoms with Gasteiger partial charge in [0, 0.05) is 25.6 Å². The number of nitrogens with one attached hydrogen (secondary N) is 1. The van der Waals surface area contributed by atoms with Gasteiger partial charge in [0.05, 0.1) is 6.07 Å². The van der Waals surface area contributed by atoms with Crippen LogP contribution in [0.2, 0.25) is 0 Å². The second kappa shape index (κ2) is 8.70. The largest absolute Gasteiger partial charge is 0.314 e. The van der Waals surface area contributed by atoms with E-state index in [0.717, 1.165) is 26.2 Å². The Morgan fingerprint density at radius 2 is 2.00 bits per heavy atom. The van der Waals surface area contributed by atoms with Gasteiger partial charge in [-0.05, 0) is 19.0 Å². The molecule has 0 amide bonds. The Bertz CT molecular complexity index is 184. The van der Waals surface area contributed by atoms with Crippen molar-refractivity contribution in [2.24, 2.45) is 5.92 Å². The molecule has 0 aliphatic heterocycles. The molecule has 0 saturated heterocycles. The van der Waals surface area contributed by atoms with Crippen LogP contribution in [0.25, 0.3) is 0 Å². The molecule has 0 aliphatic rings. The number of hydrogen-bond donors (Lipinski definition) is 1. The molecule has 0 aliphatic carbocycles. The van der Waals surface area contributed by atoms with Crippen LogP contribution in [0.5, 0.6) is 0 Å². The second-order valence-electron chi connectivity index (χ2n) is 4.47. The minimum atomic E-state index is 0.557. The van der Waals surface area contributed by atoms with Crippen molar-refractivity contribution in [2.75, 3.05) is 26.2 Å². The van der Waals surface area contributed by atoms with Crippen molar-refractivity contribution in [3.63, 3.8) is 0 Å². The Kier molecular flexibility index (Phi) is 8.35. The lowest BCUT2D eigenvalue weighted by Gasteiger charge is -2.24. The van der Waals surface area contributed by atoms with E-state index >= 15 is 0 Å². The number of nitrogens with zero attached hydrogens (tertiary/aromatic N) is 2. The van der Waals surface area contributed by atoms with E-state index in [2.05, 4.69) is 44.0 Å². The summed E-state index contributed by atoms with van der Waals surface area (Å²) >= 11 is 0. The first-order valence-electron chi connectivity index (χ1n) is 5.92. The number of nitriles is 1. The van der Waals surface area contributed by atoms with Gasteiger partial charge in [-0.15, -0.1) is 0 Å². The Hall–Kier alpha value is -0.590. The van der Waals surface area contributed by atoms with Crippen molar-refractivity contribution in [1.82, 2.24) is 10.2 Å². The van der Waals surface area contributed by atoms with Gasteiger partial charge in [0.1, 0.15) is 0 Å². The van der Waals surface area contributed by atoms with Gasteiger partial charge in [-0.25, -0.2) is 0 Å². The third kappa shape index (κ3) is 8.41. The summed E-state index contributed by atoms with van der Waals surface area (Å²) in [5.74, 6) is 0.644. The molecule has 3 nitrogen and oxygen atoms in total. The Labute approximate surface area is 94.5 Å². The van der Waals surface area contributed by atoms with E-state index in [-0.39, 0.29) is 0 Å². The molecule has 0 aromatic carbocycles. The van der Waals surface area contributed by atoms with Crippen LogP contribution < -0.4 is 5.32 Å². The summed E-state index contributed by atoms with van der Waals surface area (Å²) in [4.78, 5) is 2.34. The fourth-order valence-corrected chi connectivity index (χ4v) is 1.53. The first-order chi connectivity index (χ1) is 7.10. The third-order valence-electron chi connectivity index (χ3n) is 2.43. The fourth-order valence-electron chi connectivity index (χ4n) is 1.53. The van der Waals surface area contributed by atoms with E-state index in [9.17, 15) is 0 Å². The minimum absolute atomic E-state index is 0.557. The quantitative estimate of drug-likeness (QED) is 0.666. The van der Waals surface area contributed by atoms with Gasteiger partial charge in [0.15, 0.2) is 0 Å². The molecule has 88 valence electrons. The molecule has 0 bridgehead atoms. The molecule has 1 unspecified atom stereocenters. The molecular formula is C12H25N3. The van der Waals surface area contributed by atoms with E-state index in [4.69, 9.17) is 5.26 Å². The predicted octanol–water partition coefficient (Wildman–Crippen LogP) is 1.86. The van der Waals surface area contributed by atoms with Crippen molar-refractivity contribution in [3.8, 4) is 6.07 Å². The molecule has 0 fully saturated rings. The zero-order valence-electron chi connectivity index (χ0n) is 10.6. The average Bonchev–Trinajstić information content (AvgIpc) is 2.21. The van der Waals surface area contributed by atoms with Gasteiger partial charge in [0.2, 0.25) is 0 Å². The number of hydrogen-bond acceptors (Lipinski definition) is 3. The fraction of sp³-hybridized carbons (Fsp3) is 0.917. The lowest BCUT2D eigenvalue weighted by molar-refractivity contribution is 0.248. The minimum Gasteiger partial charge on any atom is -0.314 e. The smallest absolute Gasteiger partial charge is 0.0635 e. The first-order valence-corrected chi connectivity index (χ1v) is 5.92. The Balaban J connectivity index is 3.70. The van der Waals surface area contributed by atoms with Crippen LogP contribution in [-0.2, 0) is 0 Å². The molecule has 0 rings (SSSR count). The van der Waals surface area contributed by atoms with Crippen LogP contribution in [-0.4, -0.2) is 37.1 Å². The monoisotopic (exact) mass is 211 g/mol. The average molecular weight is 211 g/mol. The Morgan fingerprint density at radius 3 is 2.47 bits per heavy atom. The summed E-state index contributed by atoms with van der Waals surface area (Å²) < 4.78 is 0. The normalized spacial score (nSPS) is 13.1. The van der Waals surface area contributed by atoms with E-state index in [1.165, 1.54) is 0 Å². The summed E-state index contributed by atoms with van der Waals surface area (Å²) in [6, 6.07) is 2.76. The molecule has 0 spiro atoms. The molecule has 0 heterocycles. The van der Waals surface area contributed by atoms with Gasteiger partial charge in [-0.3, -0.25) is 0 Å². The van der Waals surface area contributed by atoms with Gasteiger partial charge in [-0.2, -0.15) is 5.26 Å². The summed E-state index contributed by atoms with van der Waals surface area (Å²) in [5.41, 5.74) is 0. The highest BCUT2D eigenvalue weighted by molar-refractivity contribution is 4.73. The highest BCUT2D eigenvalue weighted by atomic mass is 15.1. The topological polar surface area (TPSA) is 39.1 Å². The maximum Gasteiger partial charge on any atom is 0.0635 e. The summed E-state index contributed by atoms with van der Waals surface area (Å²) in [5, 5.41) is 12.0. The van der Waals surface area contributed by atoms with Crippen LogP contribution in [0.3, 0.4) is 0 Å².